The monoisotopic (exact) mass is 384 g/mol. The van der Waals surface area contributed by atoms with Gasteiger partial charge in [0.05, 0.1) is 17.9 Å². The number of nitrogens with one attached hydrogen (secondary N) is 1. The molecule has 1 aromatic rings. The first-order valence-corrected chi connectivity index (χ1v) is 9.81. The molecule has 7 heteroatoms. The molecule has 1 aliphatic heterocycles. The molecule has 1 aromatic carbocycles. The van der Waals surface area contributed by atoms with Gasteiger partial charge in [-0.3, -0.25) is 24.1 Å². The lowest BCUT2D eigenvalue weighted by Gasteiger charge is -2.19. The van der Waals surface area contributed by atoms with Crippen LogP contribution in [0, 0.1) is 23.7 Å². The van der Waals surface area contributed by atoms with Crippen LogP contribution < -0.4 is 5.32 Å². The lowest BCUT2D eigenvalue weighted by Crippen LogP contribution is -2.39. The summed E-state index contributed by atoms with van der Waals surface area (Å²) in [5, 5.41) is 2.75. The van der Waals surface area contributed by atoms with Crippen LogP contribution in [0.4, 0.5) is 0 Å². The second kappa shape index (κ2) is 7.37. The third kappa shape index (κ3) is 3.30. The van der Waals surface area contributed by atoms with Crippen molar-refractivity contribution in [2.45, 2.75) is 32.2 Å². The molecule has 4 rings (SSSR count). The molecular weight excluding hydrogens is 360 g/mol. The van der Waals surface area contributed by atoms with Gasteiger partial charge in [0, 0.05) is 0 Å². The molecule has 2 saturated carbocycles. The number of fused-ring (bicyclic) bond motifs is 5. The van der Waals surface area contributed by atoms with Gasteiger partial charge >= 0.3 is 5.97 Å². The molecule has 0 unspecified atom stereocenters. The highest BCUT2D eigenvalue weighted by atomic mass is 16.5. The van der Waals surface area contributed by atoms with Crippen molar-refractivity contribution in [3.05, 3.63) is 35.9 Å². The van der Waals surface area contributed by atoms with Crippen LogP contribution >= 0.6 is 0 Å². The van der Waals surface area contributed by atoms with Gasteiger partial charge in [0.25, 0.3) is 5.91 Å². The third-order valence-electron chi connectivity index (χ3n) is 6.35. The number of hydrogen-bond donors (Lipinski definition) is 1. The van der Waals surface area contributed by atoms with E-state index in [0.29, 0.717) is 0 Å². The number of carbonyl (C=O) groups excluding carboxylic acids is 4. The van der Waals surface area contributed by atoms with E-state index in [1.807, 2.05) is 37.3 Å². The highest BCUT2D eigenvalue weighted by molar-refractivity contribution is 6.07. The Labute approximate surface area is 163 Å². The molecule has 3 fully saturated rings. The molecule has 148 valence electrons. The number of nitrogens with zero attached hydrogens (tertiary/aromatic N) is 1. The van der Waals surface area contributed by atoms with Crippen LogP contribution in [0.15, 0.2) is 30.3 Å². The summed E-state index contributed by atoms with van der Waals surface area (Å²) in [5.74, 6) is -1.63. The Morgan fingerprint density at radius 2 is 1.71 bits per heavy atom. The zero-order chi connectivity index (χ0) is 19.8. The van der Waals surface area contributed by atoms with Crippen molar-refractivity contribution in [2.24, 2.45) is 23.7 Å². The summed E-state index contributed by atoms with van der Waals surface area (Å²) in [4.78, 5) is 50.3. The maximum atomic E-state index is 12.6. The van der Waals surface area contributed by atoms with E-state index in [1.54, 1.807) is 0 Å². The summed E-state index contributed by atoms with van der Waals surface area (Å²) in [6.45, 7) is 0.986. The summed E-state index contributed by atoms with van der Waals surface area (Å²) in [7, 11) is 0. The molecule has 0 aromatic heterocycles. The highest BCUT2D eigenvalue weighted by Gasteiger charge is 2.61. The molecular formula is C21H24N2O5. The van der Waals surface area contributed by atoms with E-state index in [9.17, 15) is 19.2 Å². The minimum absolute atomic E-state index is 0.219. The maximum absolute atomic E-state index is 12.6. The van der Waals surface area contributed by atoms with Gasteiger partial charge in [-0.25, -0.2) is 0 Å². The molecule has 2 bridgehead atoms. The average molecular weight is 384 g/mol. The lowest BCUT2D eigenvalue weighted by molar-refractivity contribution is -0.155. The number of ether oxygens (including phenoxy) is 1. The van der Waals surface area contributed by atoms with Gasteiger partial charge in [-0.05, 0) is 43.6 Å². The van der Waals surface area contributed by atoms with Crippen molar-refractivity contribution in [1.29, 1.82) is 0 Å². The zero-order valence-electron chi connectivity index (χ0n) is 15.8. The first-order valence-electron chi connectivity index (χ1n) is 9.81. The number of esters is 1. The topological polar surface area (TPSA) is 92.8 Å². The van der Waals surface area contributed by atoms with Crippen molar-refractivity contribution in [2.75, 3.05) is 13.2 Å². The number of benzene rings is 1. The number of amides is 3. The summed E-state index contributed by atoms with van der Waals surface area (Å²) < 4.78 is 4.99. The molecule has 1 N–H and O–H groups in total. The van der Waals surface area contributed by atoms with E-state index in [1.165, 1.54) is 0 Å². The molecule has 7 nitrogen and oxygen atoms in total. The molecule has 28 heavy (non-hydrogen) atoms. The highest BCUT2D eigenvalue weighted by Crippen LogP contribution is 2.56. The fourth-order valence-electron chi connectivity index (χ4n) is 5.06. The maximum Gasteiger partial charge on any atom is 0.326 e. The van der Waals surface area contributed by atoms with Crippen molar-refractivity contribution in [3.8, 4) is 0 Å². The molecule has 0 radical (unpaired) electrons. The summed E-state index contributed by atoms with van der Waals surface area (Å²) >= 11 is 0. The van der Waals surface area contributed by atoms with Crippen molar-refractivity contribution >= 4 is 23.7 Å². The molecule has 1 heterocycles. The Morgan fingerprint density at radius 1 is 1.11 bits per heavy atom. The summed E-state index contributed by atoms with van der Waals surface area (Å²) in [5.41, 5.74) is 0.941. The Kier molecular flexibility index (Phi) is 4.91. The van der Waals surface area contributed by atoms with E-state index in [0.717, 1.165) is 29.7 Å². The number of imide groups is 1. The summed E-state index contributed by atoms with van der Waals surface area (Å²) in [6.07, 6.45) is 2.93. The van der Waals surface area contributed by atoms with Gasteiger partial charge in [-0.1, -0.05) is 30.3 Å². The number of carbonyl (C=O) groups is 4. The van der Waals surface area contributed by atoms with E-state index in [2.05, 4.69) is 5.32 Å². The van der Waals surface area contributed by atoms with Crippen LogP contribution in [0.5, 0.6) is 0 Å². The van der Waals surface area contributed by atoms with Crippen LogP contribution in [0.2, 0.25) is 0 Å². The third-order valence-corrected chi connectivity index (χ3v) is 6.35. The fraction of sp³-hybridized carbons (Fsp3) is 0.524. The minimum atomic E-state index is -0.739. The molecule has 5 atom stereocenters. The zero-order valence-corrected chi connectivity index (χ0v) is 15.8. The quantitative estimate of drug-likeness (QED) is 0.592. The first kappa shape index (κ1) is 18.7. The molecule has 0 spiro atoms. The predicted octanol–water partition coefficient (Wildman–Crippen LogP) is 1.44. The van der Waals surface area contributed by atoms with E-state index in [4.69, 9.17) is 4.74 Å². The Hall–Kier alpha value is -2.70. The van der Waals surface area contributed by atoms with Crippen LogP contribution in [-0.2, 0) is 23.9 Å². The van der Waals surface area contributed by atoms with Crippen LogP contribution in [0.1, 0.15) is 37.8 Å². The fourth-order valence-corrected chi connectivity index (χ4v) is 5.06. The van der Waals surface area contributed by atoms with Crippen molar-refractivity contribution < 1.29 is 23.9 Å². The standard InChI is InChI=1S/C21H24N2O5/c1-12(13-5-3-2-4-6-13)22-16(24)11-28-17(25)10-23-20(26)18-14-7-8-15(9-14)19(18)21(23)27/h2-6,12,14-15,18-19H,7-11H2,1H3,(H,22,24)/t12-,14-,15+,18+,19+/m1/s1. The molecule has 2 aliphatic carbocycles. The Balaban J connectivity index is 1.26. The SMILES string of the molecule is C[C@@H](NC(=O)COC(=O)CN1C(=O)[C@H]2[C@@H]3CC[C@@H](C3)[C@@H]2C1=O)c1ccccc1. The number of rotatable bonds is 6. The van der Waals surface area contributed by atoms with Crippen molar-refractivity contribution in [3.63, 3.8) is 0 Å². The number of hydrogen-bond acceptors (Lipinski definition) is 5. The second-order valence-electron chi connectivity index (χ2n) is 8.01. The van der Waals surface area contributed by atoms with Gasteiger partial charge in [0.15, 0.2) is 6.61 Å². The lowest BCUT2D eigenvalue weighted by atomic mass is 9.81. The average Bonchev–Trinajstić information content (AvgIpc) is 3.37. The molecule has 3 amide bonds. The van der Waals surface area contributed by atoms with E-state index >= 15 is 0 Å². The first-order chi connectivity index (χ1) is 13.5. The Bertz CT molecular complexity index is 780. The Morgan fingerprint density at radius 3 is 2.32 bits per heavy atom. The molecule has 1 saturated heterocycles. The van der Waals surface area contributed by atoms with Crippen LogP contribution in [-0.4, -0.2) is 41.7 Å². The normalized spacial score (nSPS) is 29.0. The predicted molar refractivity (Wildman–Crippen MR) is 98.5 cm³/mol. The minimum Gasteiger partial charge on any atom is -0.454 e. The van der Waals surface area contributed by atoms with Crippen molar-refractivity contribution in [1.82, 2.24) is 10.2 Å². The van der Waals surface area contributed by atoms with E-state index < -0.39 is 25.0 Å². The van der Waals surface area contributed by atoms with Crippen LogP contribution in [0.3, 0.4) is 0 Å². The van der Waals surface area contributed by atoms with Gasteiger partial charge in [0.1, 0.15) is 6.54 Å². The van der Waals surface area contributed by atoms with Crippen LogP contribution in [0.25, 0.3) is 0 Å². The second-order valence-corrected chi connectivity index (χ2v) is 8.01. The largest absolute Gasteiger partial charge is 0.454 e. The van der Waals surface area contributed by atoms with Gasteiger partial charge in [0.2, 0.25) is 11.8 Å². The number of likely N-dealkylation sites (tertiary alicyclic amines) is 1. The smallest absolute Gasteiger partial charge is 0.326 e. The summed E-state index contributed by atoms with van der Waals surface area (Å²) in [6, 6.07) is 9.22. The van der Waals surface area contributed by atoms with E-state index in [-0.39, 0.29) is 41.5 Å². The van der Waals surface area contributed by atoms with Gasteiger partial charge in [-0.15, -0.1) is 0 Å². The molecule has 3 aliphatic rings. The van der Waals surface area contributed by atoms with Gasteiger partial charge < -0.3 is 10.1 Å². The van der Waals surface area contributed by atoms with Gasteiger partial charge in [-0.2, -0.15) is 0 Å².